The Balaban J connectivity index is 3.13. The molecule has 0 aliphatic rings. The highest BCUT2D eigenvalue weighted by Crippen LogP contribution is 2.30. The zero-order valence-corrected chi connectivity index (χ0v) is 21.5. The number of ketones is 1. The molecule has 0 aromatic heterocycles. The summed E-state index contributed by atoms with van der Waals surface area (Å²) in [5.74, 6) is 0.858. The highest BCUT2D eigenvalue weighted by atomic mass is 16.5. The molecule has 32 heavy (non-hydrogen) atoms. The van der Waals surface area contributed by atoms with Crippen molar-refractivity contribution >= 4 is 11.5 Å². The lowest BCUT2D eigenvalue weighted by Crippen LogP contribution is -2.24. The van der Waals surface area contributed by atoms with Crippen molar-refractivity contribution in [2.24, 2.45) is 0 Å². The van der Waals surface area contributed by atoms with E-state index in [1.165, 1.54) is 22.3 Å². The van der Waals surface area contributed by atoms with Crippen molar-refractivity contribution in [3.05, 3.63) is 70.4 Å². The van der Waals surface area contributed by atoms with Crippen molar-refractivity contribution < 1.29 is 9.53 Å². The second-order valence-electron chi connectivity index (χ2n) is 9.09. The molecule has 3 heteroatoms. The average molecular weight is 438 g/mol. The van der Waals surface area contributed by atoms with Crippen LogP contribution in [-0.2, 0) is 0 Å². The van der Waals surface area contributed by atoms with Crippen LogP contribution in [0.1, 0.15) is 84.5 Å². The fourth-order valence-electron chi connectivity index (χ4n) is 3.34. The Morgan fingerprint density at radius 2 is 1.31 bits per heavy atom. The number of carbonyl (C=O) groups excluding carboxylic acids is 1. The summed E-state index contributed by atoms with van der Waals surface area (Å²) in [6, 6.07) is 5.69. The number of rotatable bonds is 13. The van der Waals surface area contributed by atoms with Gasteiger partial charge in [-0.3, -0.25) is 4.79 Å². The summed E-state index contributed by atoms with van der Waals surface area (Å²) >= 11 is 0. The second kappa shape index (κ2) is 14.5. The molecule has 0 aliphatic heterocycles. The Bertz CT molecular complexity index is 823. The van der Waals surface area contributed by atoms with Crippen molar-refractivity contribution in [2.75, 3.05) is 25.1 Å². The maximum absolute atomic E-state index is 12.0. The number of nitrogens with zero attached hydrogens (tertiary/aromatic N) is 1. The van der Waals surface area contributed by atoms with Crippen molar-refractivity contribution in [2.45, 2.75) is 74.1 Å². The van der Waals surface area contributed by atoms with Crippen molar-refractivity contribution in [3.8, 4) is 5.75 Å². The van der Waals surface area contributed by atoms with Crippen LogP contribution in [0.5, 0.6) is 5.75 Å². The van der Waals surface area contributed by atoms with Crippen molar-refractivity contribution in [3.63, 3.8) is 0 Å². The number of hydrogen-bond donors (Lipinski definition) is 0. The van der Waals surface area contributed by atoms with Gasteiger partial charge in [-0.05, 0) is 92.3 Å². The highest BCUT2D eigenvalue weighted by molar-refractivity contribution is 5.95. The summed E-state index contributed by atoms with van der Waals surface area (Å²) in [5.41, 5.74) is 7.14. The predicted octanol–water partition coefficient (Wildman–Crippen LogP) is 8.09. The number of hydrogen-bond acceptors (Lipinski definition) is 3. The first-order valence-electron chi connectivity index (χ1n) is 11.7. The third-order valence-electron chi connectivity index (χ3n) is 5.43. The molecule has 176 valence electrons. The van der Waals surface area contributed by atoms with E-state index in [1.807, 2.05) is 18.2 Å². The van der Waals surface area contributed by atoms with Gasteiger partial charge in [0.2, 0.25) is 0 Å². The maximum Gasteiger partial charge on any atom is 0.159 e. The molecule has 0 amide bonds. The SMILES string of the molecule is COc1ccc(C(C)=O)cc1N(C/C=C(\C)CCC=C(C)C)C/C=C(\C)CCC=C(C)C. The predicted molar refractivity (Wildman–Crippen MR) is 140 cm³/mol. The third kappa shape index (κ3) is 10.7. The summed E-state index contributed by atoms with van der Waals surface area (Å²) in [6.45, 7) is 16.1. The third-order valence-corrected chi connectivity index (χ3v) is 5.43. The number of carbonyl (C=O) groups is 1. The van der Waals surface area contributed by atoms with E-state index in [2.05, 4.69) is 70.7 Å². The van der Waals surface area contributed by atoms with Crippen molar-refractivity contribution in [1.29, 1.82) is 0 Å². The molecule has 0 saturated carbocycles. The van der Waals surface area contributed by atoms with E-state index in [0.29, 0.717) is 5.56 Å². The van der Waals surface area contributed by atoms with E-state index < -0.39 is 0 Å². The molecular formula is C29H43NO2. The number of allylic oxidation sites excluding steroid dienone is 6. The van der Waals surface area contributed by atoms with E-state index in [1.54, 1.807) is 14.0 Å². The van der Waals surface area contributed by atoms with Gasteiger partial charge < -0.3 is 9.64 Å². The lowest BCUT2D eigenvalue weighted by Gasteiger charge is -2.25. The molecule has 0 radical (unpaired) electrons. The summed E-state index contributed by atoms with van der Waals surface area (Å²) in [6.07, 6.45) is 13.4. The number of ether oxygens (including phenoxy) is 1. The van der Waals surface area contributed by atoms with Gasteiger partial charge in [-0.15, -0.1) is 0 Å². The molecule has 0 fully saturated rings. The zero-order chi connectivity index (χ0) is 24.1. The van der Waals surface area contributed by atoms with Crippen molar-refractivity contribution in [1.82, 2.24) is 0 Å². The standard InChI is InChI=1S/C29H43NO2/c1-22(2)11-9-13-24(5)17-19-30(20-18-25(6)14-10-12-23(3)4)28-21-27(26(7)31)15-16-29(28)32-8/h11-12,15-18,21H,9-10,13-14,19-20H2,1-8H3/b24-17+,25-18+. The van der Waals surface area contributed by atoms with Gasteiger partial charge in [0, 0.05) is 18.7 Å². The fraction of sp³-hybridized carbons (Fsp3) is 0.483. The largest absolute Gasteiger partial charge is 0.495 e. The van der Waals surface area contributed by atoms with Crippen LogP contribution >= 0.6 is 0 Å². The lowest BCUT2D eigenvalue weighted by molar-refractivity contribution is 0.101. The first-order valence-corrected chi connectivity index (χ1v) is 11.7. The van der Waals surface area contributed by atoms with Crippen LogP contribution in [-0.4, -0.2) is 26.0 Å². The van der Waals surface area contributed by atoms with Gasteiger partial charge in [0.15, 0.2) is 5.78 Å². The smallest absolute Gasteiger partial charge is 0.159 e. The van der Waals surface area contributed by atoms with E-state index in [4.69, 9.17) is 4.74 Å². The Hall–Kier alpha value is -2.55. The van der Waals surface area contributed by atoms with Crippen LogP contribution in [0.4, 0.5) is 5.69 Å². The molecule has 0 aliphatic carbocycles. The van der Waals surface area contributed by atoms with E-state index in [0.717, 1.165) is 50.2 Å². The summed E-state index contributed by atoms with van der Waals surface area (Å²) in [7, 11) is 1.69. The quantitative estimate of drug-likeness (QED) is 0.231. The van der Waals surface area contributed by atoms with E-state index >= 15 is 0 Å². The Morgan fingerprint density at radius 3 is 1.72 bits per heavy atom. The van der Waals surface area contributed by atoms with Crippen LogP contribution < -0.4 is 9.64 Å². The lowest BCUT2D eigenvalue weighted by atomic mass is 10.1. The van der Waals surface area contributed by atoms with Gasteiger partial charge in [-0.2, -0.15) is 0 Å². The minimum atomic E-state index is 0.0655. The molecule has 1 aromatic rings. The molecule has 1 rings (SSSR count). The minimum absolute atomic E-state index is 0.0655. The monoisotopic (exact) mass is 437 g/mol. The van der Waals surface area contributed by atoms with Gasteiger partial charge >= 0.3 is 0 Å². The molecule has 0 unspecified atom stereocenters. The molecule has 0 atom stereocenters. The highest BCUT2D eigenvalue weighted by Gasteiger charge is 2.13. The van der Waals surface area contributed by atoms with Gasteiger partial charge in [-0.25, -0.2) is 0 Å². The number of methoxy groups -OCH3 is 1. The molecular weight excluding hydrogens is 394 g/mol. The second-order valence-corrected chi connectivity index (χ2v) is 9.09. The molecule has 1 aromatic carbocycles. The Morgan fingerprint density at radius 1 is 0.812 bits per heavy atom. The van der Waals surface area contributed by atoms with Crippen LogP contribution in [0.15, 0.2) is 64.8 Å². The normalized spacial score (nSPS) is 11.8. The number of anilines is 1. The topological polar surface area (TPSA) is 29.5 Å². The molecule has 0 heterocycles. The maximum atomic E-state index is 12.0. The summed E-state index contributed by atoms with van der Waals surface area (Å²) in [4.78, 5) is 14.3. The summed E-state index contributed by atoms with van der Waals surface area (Å²) < 4.78 is 5.65. The Labute approximate surface area is 196 Å². The van der Waals surface area contributed by atoms with Gasteiger partial charge in [0.1, 0.15) is 5.75 Å². The number of Topliss-reactive ketones (excluding diaryl/α,β-unsaturated/α-hetero) is 1. The minimum Gasteiger partial charge on any atom is -0.495 e. The zero-order valence-electron chi connectivity index (χ0n) is 21.5. The molecule has 0 N–H and O–H groups in total. The van der Waals surface area contributed by atoms with Crippen LogP contribution in [0.2, 0.25) is 0 Å². The van der Waals surface area contributed by atoms with Crippen LogP contribution in [0.25, 0.3) is 0 Å². The van der Waals surface area contributed by atoms with E-state index in [-0.39, 0.29) is 5.78 Å². The van der Waals surface area contributed by atoms with Crippen LogP contribution in [0.3, 0.4) is 0 Å². The summed E-state index contributed by atoms with van der Waals surface area (Å²) in [5, 5.41) is 0. The Kier molecular flexibility index (Phi) is 12.5. The molecule has 0 bridgehead atoms. The van der Waals surface area contributed by atoms with Crippen LogP contribution in [0, 0.1) is 0 Å². The average Bonchev–Trinajstić information content (AvgIpc) is 2.72. The molecule has 3 nitrogen and oxygen atoms in total. The van der Waals surface area contributed by atoms with Gasteiger partial charge in [0.25, 0.3) is 0 Å². The first kappa shape index (κ1) is 27.5. The van der Waals surface area contributed by atoms with E-state index in [9.17, 15) is 4.79 Å². The van der Waals surface area contributed by atoms with Gasteiger partial charge in [0.05, 0.1) is 12.8 Å². The fourth-order valence-corrected chi connectivity index (χ4v) is 3.34. The molecule has 0 saturated heterocycles. The first-order chi connectivity index (χ1) is 15.1. The number of benzene rings is 1. The van der Waals surface area contributed by atoms with Gasteiger partial charge in [-0.1, -0.05) is 46.6 Å². The molecule has 0 spiro atoms.